The van der Waals surface area contributed by atoms with Crippen molar-refractivity contribution in [1.82, 2.24) is 0 Å². The third-order valence-electron chi connectivity index (χ3n) is 4.69. The van der Waals surface area contributed by atoms with E-state index in [1.165, 1.54) is 5.69 Å². The van der Waals surface area contributed by atoms with Crippen molar-refractivity contribution in [3.63, 3.8) is 0 Å². The molecule has 1 fully saturated rings. The highest BCUT2D eigenvalue weighted by atomic mass is 16.2. The average molecular weight is 289 g/mol. The summed E-state index contributed by atoms with van der Waals surface area (Å²) in [6.07, 6.45) is 4.02. The molecule has 0 heterocycles. The second-order valence-corrected chi connectivity index (χ2v) is 5.86. The van der Waals surface area contributed by atoms with Crippen molar-refractivity contribution in [3.8, 4) is 0 Å². The maximum absolute atomic E-state index is 12.5. The van der Waals surface area contributed by atoms with Crippen LogP contribution >= 0.6 is 0 Å². The Labute approximate surface area is 127 Å². The number of nitrogens with zero attached hydrogens (tertiary/aromatic N) is 1. The largest absolute Gasteiger partial charge is 0.372 e. The molecule has 0 bridgehead atoms. The minimum Gasteiger partial charge on any atom is -0.372 e. The lowest BCUT2D eigenvalue weighted by molar-refractivity contribution is -0.124. The van der Waals surface area contributed by atoms with Crippen LogP contribution in [0.25, 0.3) is 0 Å². The molecule has 1 aliphatic carbocycles. The minimum absolute atomic E-state index is 0.0816. The number of hydrogen-bond acceptors (Lipinski definition) is 3. The number of anilines is 2. The standard InChI is InChI=1S/C17H27N3O/c1-3-20(4-2)15-9-7-14(8-10-15)19-16(21)17(13-18)11-5-6-12-17/h7-10H,3-6,11-13,18H2,1-2H3,(H,19,21). The molecule has 1 saturated carbocycles. The van der Waals surface area contributed by atoms with Gasteiger partial charge in [-0.2, -0.15) is 0 Å². The van der Waals surface area contributed by atoms with E-state index in [2.05, 4.69) is 36.2 Å². The smallest absolute Gasteiger partial charge is 0.231 e. The molecule has 1 aromatic rings. The molecule has 0 aromatic heterocycles. The van der Waals surface area contributed by atoms with E-state index in [1.54, 1.807) is 0 Å². The van der Waals surface area contributed by atoms with Crippen molar-refractivity contribution in [2.75, 3.05) is 29.9 Å². The number of nitrogens with one attached hydrogen (secondary N) is 1. The van der Waals surface area contributed by atoms with Crippen LogP contribution in [0.1, 0.15) is 39.5 Å². The molecule has 4 heteroatoms. The van der Waals surface area contributed by atoms with Crippen LogP contribution in [-0.4, -0.2) is 25.5 Å². The Kier molecular flexibility index (Phi) is 5.23. The zero-order valence-electron chi connectivity index (χ0n) is 13.2. The zero-order valence-corrected chi connectivity index (χ0v) is 13.2. The molecule has 1 aromatic carbocycles. The fraction of sp³-hybridized carbons (Fsp3) is 0.588. The molecule has 3 N–H and O–H groups in total. The van der Waals surface area contributed by atoms with E-state index >= 15 is 0 Å². The van der Waals surface area contributed by atoms with E-state index in [1.807, 2.05) is 12.1 Å². The lowest BCUT2D eigenvalue weighted by Gasteiger charge is -2.26. The SMILES string of the molecule is CCN(CC)c1ccc(NC(=O)C2(CN)CCCC2)cc1. The summed E-state index contributed by atoms with van der Waals surface area (Å²) in [5.74, 6) is 0.0816. The van der Waals surface area contributed by atoms with E-state index in [-0.39, 0.29) is 11.3 Å². The lowest BCUT2D eigenvalue weighted by Crippen LogP contribution is -2.40. The molecule has 116 valence electrons. The molecule has 21 heavy (non-hydrogen) atoms. The Bertz CT molecular complexity index is 459. The first-order valence-corrected chi connectivity index (χ1v) is 8.01. The summed E-state index contributed by atoms with van der Waals surface area (Å²) in [4.78, 5) is 14.8. The second kappa shape index (κ2) is 6.94. The van der Waals surface area contributed by atoms with Gasteiger partial charge in [-0.05, 0) is 51.0 Å². The first kappa shape index (κ1) is 15.8. The summed E-state index contributed by atoms with van der Waals surface area (Å²) < 4.78 is 0. The maximum atomic E-state index is 12.5. The van der Waals surface area contributed by atoms with Crippen LogP contribution in [0.5, 0.6) is 0 Å². The Balaban J connectivity index is 2.04. The molecule has 2 rings (SSSR count). The van der Waals surface area contributed by atoms with Gasteiger partial charge in [0, 0.05) is 31.0 Å². The summed E-state index contributed by atoms with van der Waals surface area (Å²) in [7, 11) is 0. The van der Waals surface area contributed by atoms with Gasteiger partial charge in [-0.3, -0.25) is 4.79 Å². The first-order valence-electron chi connectivity index (χ1n) is 8.01. The minimum atomic E-state index is -0.350. The second-order valence-electron chi connectivity index (χ2n) is 5.86. The molecular formula is C17H27N3O. The van der Waals surface area contributed by atoms with Crippen molar-refractivity contribution < 1.29 is 4.79 Å². The lowest BCUT2D eigenvalue weighted by atomic mass is 9.85. The van der Waals surface area contributed by atoms with E-state index in [4.69, 9.17) is 5.73 Å². The number of carbonyl (C=O) groups is 1. The Morgan fingerprint density at radius 2 is 1.76 bits per heavy atom. The highest BCUT2D eigenvalue weighted by molar-refractivity contribution is 5.95. The van der Waals surface area contributed by atoms with Crippen LogP contribution in [0.15, 0.2) is 24.3 Å². The molecule has 4 nitrogen and oxygen atoms in total. The van der Waals surface area contributed by atoms with Gasteiger partial charge < -0.3 is 16.0 Å². The molecule has 0 atom stereocenters. The molecular weight excluding hydrogens is 262 g/mol. The first-order chi connectivity index (χ1) is 10.1. The van der Waals surface area contributed by atoms with Crippen molar-refractivity contribution in [2.24, 2.45) is 11.1 Å². The van der Waals surface area contributed by atoms with Crippen molar-refractivity contribution >= 4 is 17.3 Å². The van der Waals surface area contributed by atoms with Crippen molar-refractivity contribution in [3.05, 3.63) is 24.3 Å². The highest BCUT2D eigenvalue weighted by Crippen LogP contribution is 2.38. The summed E-state index contributed by atoms with van der Waals surface area (Å²) >= 11 is 0. The molecule has 1 amide bonds. The van der Waals surface area contributed by atoms with E-state index < -0.39 is 0 Å². The third-order valence-corrected chi connectivity index (χ3v) is 4.69. The summed E-state index contributed by atoms with van der Waals surface area (Å²) in [6.45, 7) is 6.70. The molecule has 0 unspecified atom stereocenters. The van der Waals surface area contributed by atoms with Crippen LogP contribution in [0.4, 0.5) is 11.4 Å². The Hall–Kier alpha value is -1.55. The van der Waals surface area contributed by atoms with Gasteiger partial charge in [0.25, 0.3) is 0 Å². The van der Waals surface area contributed by atoms with Crippen LogP contribution in [0.2, 0.25) is 0 Å². The highest BCUT2D eigenvalue weighted by Gasteiger charge is 2.39. The van der Waals surface area contributed by atoms with Crippen molar-refractivity contribution in [1.29, 1.82) is 0 Å². The predicted octanol–water partition coefficient (Wildman–Crippen LogP) is 2.99. The van der Waals surface area contributed by atoms with Gasteiger partial charge >= 0.3 is 0 Å². The monoisotopic (exact) mass is 289 g/mol. The predicted molar refractivity (Wildman–Crippen MR) is 88.6 cm³/mol. The molecule has 1 aliphatic rings. The van der Waals surface area contributed by atoms with Crippen LogP contribution in [-0.2, 0) is 4.79 Å². The quantitative estimate of drug-likeness (QED) is 0.846. The summed E-state index contributed by atoms with van der Waals surface area (Å²) in [6, 6.07) is 8.08. The van der Waals surface area contributed by atoms with Crippen LogP contribution in [0.3, 0.4) is 0 Å². The van der Waals surface area contributed by atoms with Gasteiger partial charge in [0.1, 0.15) is 0 Å². The zero-order chi connectivity index (χ0) is 15.3. The van der Waals surface area contributed by atoms with Gasteiger partial charge in [-0.1, -0.05) is 12.8 Å². The van der Waals surface area contributed by atoms with E-state index in [0.29, 0.717) is 6.54 Å². The topological polar surface area (TPSA) is 58.4 Å². The fourth-order valence-corrected chi connectivity index (χ4v) is 3.18. The van der Waals surface area contributed by atoms with Crippen LogP contribution in [0, 0.1) is 5.41 Å². The number of amides is 1. The summed E-state index contributed by atoms with van der Waals surface area (Å²) in [5, 5.41) is 3.04. The molecule has 0 radical (unpaired) electrons. The molecule has 0 spiro atoms. The average Bonchev–Trinajstić information content (AvgIpc) is 3.00. The normalized spacial score (nSPS) is 16.7. The van der Waals surface area contributed by atoms with Crippen LogP contribution < -0.4 is 16.0 Å². The number of hydrogen-bond donors (Lipinski definition) is 2. The number of rotatable bonds is 6. The number of nitrogens with two attached hydrogens (primary N) is 1. The third kappa shape index (κ3) is 3.38. The van der Waals surface area contributed by atoms with Crippen molar-refractivity contribution in [2.45, 2.75) is 39.5 Å². The Morgan fingerprint density at radius 1 is 1.19 bits per heavy atom. The Morgan fingerprint density at radius 3 is 2.24 bits per heavy atom. The summed E-state index contributed by atoms with van der Waals surface area (Å²) in [5.41, 5.74) is 7.55. The van der Waals surface area contributed by atoms with E-state index in [0.717, 1.165) is 44.5 Å². The molecule has 0 aliphatic heterocycles. The van der Waals surface area contributed by atoms with Gasteiger partial charge in [-0.15, -0.1) is 0 Å². The van der Waals surface area contributed by atoms with E-state index in [9.17, 15) is 4.79 Å². The molecule has 0 saturated heterocycles. The van der Waals surface area contributed by atoms with Gasteiger partial charge in [0.05, 0.1) is 5.41 Å². The van der Waals surface area contributed by atoms with Gasteiger partial charge in [0.15, 0.2) is 0 Å². The number of benzene rings is 1. The fourth-order valence-electron chi connectivity index (χ4n) is 3.18. The number of carbonyl (C=O) groups excluding carboxylic acids is 1. The van der Waals surface area contributed by atoms with Gasteiger partial charge in [0.2, 0.25) is 5.91 Å². The van der Waals surface area contributed by atoms with Gasteiger partial charge in [-0.25, -0.2) is 0 Å². The maximum Gasteiger partial charge on any atom is 0.231 e.